The van der Waals surface area contributed by atoms with Gasteiger partial charge in [0.05, 0.1) is 34.3 Å². The van der Waals surface area contributed by atoms with E-state index in [1.165, 1.54) is 10.6 Å². The van der Waals surface area contributed by atoms with E-state index in [2.05, 4.69) is 10.6 Å². The van der Waals surface area contributed by atoms with E-state index in [4.69, 9.17) is 32.7 Å². The number of aromatic nitrogens is 1. The summed E-state index contributed by atoms with van der Waals surface area (Å²) in [5.74, 6) is 0.215. The Labute approximate surface area is 216 Å². The van der Waals surface area contributed by atoms with Crippen LogP contribution in [0.1, 0.15) is 66.5 Å². The number of benzene rings is 1. The van der Waals surface area contributed by atoms with Gasteiger partial charge >= 0.3 is 6.09 Å². The van der Waals surface area contributed by atoms with Crippen molar-refractivity contribution in [2.24, 2.45) is 0 Å². The number of pyridine rings is 1. The second kappa shape index (κ2) is 12.5. The van der Waals surface area contributed by atoms with Crippen LogP contribution < -0.4 is 20.9 Å². The van der Waals surface area contributed by atoms with Crippen molar-refractivity contribution in [2.75, 3.05) is 6.61 Å². The molecule has 1 aromatic heterocycles. The molecule has 194 valence electrons. The molecule has 0 unspecified atom stereocenters. The molecule has 35 heavy (non-hydrogen) atoms. The number of fused-ring (bicyclic) bond motifs is 1. The molecule has 10 heteroatoms. The summed E-state index contributed by atoms with van der Waals surface area (Å²) in [7, 11) is 0. The second-order valence-corrected chi connectivity index (χ2v) is 10.4. The highest BCUT2D eigenvalue weighted by atomic mass is 35.5. The molecule has 0 saturated heterocycles. The van der Waals surface area contributed by atoms with Crippen LogP contribution in [0.15, 0.2) is 16.9 Å². The highest BCUT2D eigenvalue weighted by Gasteiger charge is 2.22. The van der Waals surface area contributed by atoms with Gasteiger partial charge in [-0.3, -0.25) is 9.59 Å². The number of alkyl carbamates (subject to hydrolysis) is 1. The summed E-state index contributed by atoms with van der Waals surface area (Å²) in [5, 5.41) is 6.85. The number of nitrogens with one attached hydrogen (secondary N) is 2. The van der Waals surface area contributed by atoms with E-state index >= 15 is 0 Å². The molecule has 2 N–H and O–H groups in total. The zero-order valence-corrected chi connectivity index (χ0v) is 22.7. The first-order valence-corrected chi connectivity index (χ1v) is 12.5. The van der Waals surface area contributed by atoms with Crippen molar-refractivity contribution in [3.8, 4) is 5.75 Å². The van der Waals surface area contributed by atoms with E-state index in [0.29, 0.717) is 28.8 Å². The third-order valence-corrected chi connectivity index (χ3v) is 5.65. The van der Waals surface area contributed by atoms with Crippen LogP contribution >= 0.6 is 23.2 Å². The summed E-state index contributed by atoms with van der Waals surface area (Å²) in [4.78, 5) is 38.3. The number of unbranched alkanes of at least 4 members (excludes halogenated alkanes) is 1. The molecule has 2 amide bonds. The van der Waals surface area contributed by atoms with Crippen molar-refractivity contribution >= 4 is 46.0 Å². The highest BCUT2D eigenvalue weighted by Crippen LogP contribution is 2.34. The first kappa shape index (κ1) is 28.8. The van der Waals surface area contributed by atoms with Gasteiger partial charge in [-0.15, -0.1) is 0 Å². The molecular weight excluding hydrogens is 493 g/mol. The van der Waals surface area contributed by atoms with E-state index in [9.17, 15) is 14.4 Å². The molecule has 0 radical (unpaired) electrons. The van der Waals surface area contributed by atoms with Crippen molar-refractivity contribution in [1.82, 2.24) is 15.2 Å². The van der Waals surface area contributed by atoms with Crippen molar-refractivity contribution in [1.29, 1.82) is 0 Å². The predicted molar refractivity (Wildman–Crippen MR) is 140 cm³/mol. The topological polar surface area (TPSA) is 98.7 Å². The van der Waals surface area contributed by atoms with Gasteiger partial charge in [0, 0.05) is 24.4 Å². The van der Waals surface area contributed by atoms with Gasteiger partial charge in [0.25, 0.3) is 5.56 Å². The number of halogens is 2. The number of carbonyl (C=O) groups excluding carboxylic acids is 2. The summed E-state index contributed by atoms with van der Waals surface area (Å²) in [6, 6.07) is 3.07. The average Bonchev–Trinajstić information content (AvgIpc) is 2.73. The molecule has 0 aliphatic rings. The quantitative estimate of drug-likeness (QED) is 0.401. The molecule has 0 atom stereocenters. The Morgan fingerprint density at radius 2 is 1.74 bits per heavy atom. The van der Waals surface area contributed by atoms with E-state index in [-0.39, 0.29) is 47.1 Å². The maximum absolute atomic E-state index is 13.5. The van der Waals surface area contributed by atoms with Gasteiger partial charge in [-0.1, -0.05) is 36.5 Å². The minimum atomic E-state index is -0.688. The molecular formula is C25H35Cl2N3O5. The third kappa shape index (κ3) is 8.32. The largest absolute Gasteiger partial charge is 0.491 e. The van der Waals surface area contributed by atoms with Crippen LogP contribution in [0.4, 0.5) is 4.79 Å². The minimum Gasteiger partial charge on any atom is -0.491 e. The molecule has 0 aliphatic heterocycles. The van der Waals surface area contributed by atoms with Crippen LogP contribution in [0, 0.1) is 0 Å². The number of carbonyl (C=O) groups is 2. The Morgan fingerprint density at radius 3 is 2.31 bits per heavy atom. The maximum atomic E-state index is 13.5. The van der Waals surface area contributed by atoms with E-state index < -0.39 is 11.7 Å². The smallest absolute Gasteiger partial charge is 0.407 e. The fraction of sp³-hybridized carbons (Fsp3) is 0.560. The third-order valence-electron chi connectivity index (χ3n) is 4.92. The van der Waals surface area contributed by atoms with Gasteiger partial charge in [-0.2, -0.15) is 0 Å². The van der Waals surface area contributed by atoms with Crippen LogP contribution in [-0.2, 0) is 22.6 Å². The number of amides is 2. The lowest BCUT2D eigenvalue weighted by Gasteiger charge is -2.23. The minimum absolute atomic E-state index is 0.0296. The second-order valence-electron chi connectivity index (χ2n) is 9.57. The van der Waals surface area contributed by atoms with Gasteiger partial charge < -0.3 is 24.7 Å². The fourth-order valence-corrected chi connectivity index (χ4v) is 3.75. The number of hydrogen-bond donors (Lipinski definition) is 2. The lowest BCUT2D eigenvalue weighted by atomic mass is 10.1. The first-order chi connectivity index (χ1) is 16.3. The summed E-state index contributed by atoms with van der Waals surface area (Å²) < 4.78 is 12.9. The zero-order valence-electron chi connectivity index (χ0n) is 21.2. The monoisotopic (exact) mass is 527 g/mol. The lowest BCUT2D eigenvalue weighted by Crippen LogP contribution is -2.36. The molecule has 2 rings (SSSR count). The first-order valence-electron chi connectivity index (χ1n) is 11.8. The normalized spacial score (nSPS) is 11.6. The van der Waals surface area contributed by atoms with Gasteiger partial charge in [-0.05, 0) is 53.2 Å². The molecule has 0 aliphatic carbocycles. The predicted octanol–water partition coefficient (Wildman–Crippen LogP) is 5.43. The van der Waals surface area contributed by atoms with Crippen molar-refractivity contribution < 1.29 is 19.1 Å². The van der Waals surface area contributed by atoms with Crippen molar-refractivity contribution in [3.05, 3.63) is 38.2 Å². The van der Waals surface area contributed by atoms with Crippen LogP contribution in [0.25, 0.3) is 10.8 Å². The van der Waals surface area contributed by atoms with Crippen molar-refractivity contribution in [2.45, 2.75) is 85.5 Å². The molecule has 8 nitrogen and oxygen atoms in total. The van der Waals surface area contributed by atoms with E-state index in [0.717, 1.165) is 12.8 Å². The van der Waals surface area contributed by atoms with E-state index in [1.54, 1.807) is 26.8 Å². The maximum Gasteiger partial charge on any atom is 0.407 e. The van der Waals surface area contributed by atoms with Crippen molar-refractivity contribution in [3.63, 3.8) is 0 Å². The molecule has 1 aromatic carbocycles. The number of ether oxygens (including phenoxy) is 2. The lowest BCUT2D eigenvalue weighted by molar-refractivity contribution is -0.121. The van der Waals surface area contributed by atoms with Crippen LogP contribution in [-0.4, -0.2) is 34.8 Å². The summed E-state index contributed by atoms with van der Waals surface area (Å²) in [6.07, 6.45) is 1.13. The summed E-state index contributed by atoms with van der Waals surface area (Å²) in [6.45, 7) is 11.5. The summed E-state index contributed by atoms with van der Waals surface area (Å²) in [5.41, 5.74) is -0.632. The SMILES string of the molecule is CCCCOc1c(CNC(=O)OC(C)(C)C)n(CCC(=O)NC(C)C)c(=O)c2cc(Cl)c(Cl)cc12. The summed E-state index contributed by atoms with van der Waals surface area (Å²) >= 11 is 12.5. The Morgan fingerprint density at radius 1 is 1.11 bits per heavy atom. The molecule has 0 fully saturated rings. The molecule has 0 saturated carbocycles. The Kier molecular flexibility index (Phi) is 10.3. The number of rotatable bonds is 10. The molecule has 2 aromatic rings. The highest BCUT2D eigenvalue weighted by molar-refractivity contribution is 6.42. The Hall–Kier alpha value is -2.45. The van der Waals surface area contributed by atoms with Crippen LogP contribution in [0.3, 0.4) is 0 Å². The standard InChI is InChI=1S/C25H35Cl2N3O5/c1-7-8-11-34-22-16-12-18(26)19(27)13-17(16)23(32)30(10-9-21(31)29-15(2)3)20(22)14-28-24(33)35-25(4,5)6/h12-13,15H,7-11,14H2,1-6H3,(H,28,33)(H,29,31). The number of nitrogens with zero attached hydrogens (tertiary/aromatic N) is 1. The van der Waals surface area contributed by atoms with Gasteiger partial charge in [-0.25, -0.2) is 4.79 Å². The zero-order chi connectivity index (χ0) is 26.3. The van der Waals surface area contributed by atoms with Gasteiger partial charge in [0.1, 0.15) is 11.4 Å². The van der Waals surface area contributed by atoms with Crippen LogP contribution in [0.2, 0.25) is 10.0 Å². The molecule has 0 spiro atoms. The average molecular weight is 528 g/mol. The number of hydrogen-bond acceptors (Lipinski definition) is 5. The Bertz CT molecular complexity index is 1120. The van der Waals surface area contributed by atoms with Gasteiger partial charge in [0.2, 0.25) is 5.91 Å². The molecule has 0 bridgehead atoms. The Balaban J connectivity index is 2.62. The van der Waals surface area contributed by atoms with E-state index in [1.807, 2.05) is 20.8 Å². The van der Waals surface area contributed by atoms with Gasteiger partial charge in [0.15, 0.2) is 0 Å². The van der Waals surface area contributed by atoms with Crippen LogP contribution in [0.5, 0.6) is 5.75 Å². The molecule has 1 heterocycles. The fourth-order valence-electron chi connectivity index (χ4n) is 3.43.